The number of benzene rings is 2. The first kappa shape index (κ1) is 11.5. The molecule has 0 aliphatic rings. The first-order chi connectivity index (χ1) is 9.24. The first-order valence-corrected chi connectivity index (χ1v) is 6.01. The highest BCUT2D eigenvalue weighted by atomic mass is 16.6. The number of nitrogens with zero attached hydrogens (tertiary/aromatic N) is 2. The second kappa shape index (κ2) is 4.57. The van der Waals surface area contributed by atoms with Gasteiger partial charge in [-0.15, -0.1) is 0 Å². The van der Waals surface area contributed by atoms with E-state index in [-0.39, 0.29) is 10.6 Å². The molecule has 19 heavy (non-hydrogen) atoms. The minimum atomic E-state index is -0.380. The molecule has 2 aromatic carbocycles. The third-order valence-electron chi connectivity index (χ3n) is 3.18. The number of aromatic nitrogens is 1. The van der Waals surface area contributed by atoms with Crippen molar-refractivity contribution in [3.63, 3.8) is 0 Å². The van der Waals surface area contributed by atoms with Crippen LogP contribution in [0.15, 0.2) is 60.8 Å². The van der Waals surface area contributed by atoms with Crippen LogP contribution in [-0.2, 0) is 6.54 Å². The van der Waals surface area contributed by atoms with Crippen LogP contribution < -0.4 is 0 Å². The van der Waals surface area contributed by atoms with Gasteiger partial charge in [0, 0.05) is 30.4 Å². The molecule has 0 unspecified atom stereocenters. The van der Waals surface area contributed by atoms with Crippen molar-refractivity contribution < 1.29 is 4.92 Å². The monoisotopic (exact) mass is 252 g/mol. The van der Waals surface area contributed by atoms with Gasteiger partial charge < -0.3 is 4.57 Å². The Balaban J connectivity index is 1.90. The van der Waals surface area contributed by atoms with E-state index < -0.39 is 0 Å². The number of hydrogen-bond donors (Lipinski definition) is 0. The number of hydrogen-bond acceptors (Lipinski definition) is 2. The van der Waals surface area contributed by atoms with E-state index in [0.717, 1.165) is 5.56 Å². The highest BCUT2D eigenvalue weighted by molar-refractivity contribution is 5.80. The van der Waals surface area contributed by atoms with Crippen LogP contribution in [0.3, 0.4) is 0 Å². The topological polar surface area (TPSA) is 48.1 Å². The van der Waals surface area contributed by atoms with E-state index in [1.807, 2.05) is 18.3 Å². The Morgan fingerprint density at radius 2 is 1.74 bits per heavy atom. The predicted molar refractivity (Wildman–Crippen MR) is 74.1 cm³/mol. The zero-order chi connectivity index (χ0) is 13.2. The van der Waals surface area contributed by atoms with Crippen molar-refractivity contribution in [1.29, 1.82) is 0 Å². The summed E-state index contributed by atoms with van der Waals surface area (Å²) in [4.78, 5) is 10.2. The van der Waals surface area contributed by atoms with Crippen LogP contribution in [0.1, 0.15) is 5.56 Å². The van der Waals surface area contributed by atoms with Gasteiger partial charge in [-0.25, -0.2) is 0 Å². The van der Waals surface area contributed by atoms with Gasteiger partial charge in [-0.2, -0.15) is 0 Å². The van der Waals surface area contributed by atoms with Crippen LogP contribution >= 0.6 is 0 Å². The molecule has 0 saturated heterocycles. The lowest BCUT2D eigenvalue weighted by atomic mass is 10.2. The van der Waals surface area contributed by atoms with Crippen molar-refractivity contribution in [2.75, 3.05) is 0 Å². The van der Waals surface area contributed by atoms with Gasteiger partial charge in [-0.05, 0) is 23.1 Å². The number of non-ortho nitro benzene ring substituents is 1. The van der Waals surface area contributed by atoms with Gasteiger partial charge in [-0.1, -0.05) is 30.3 Å². The molecule has 94 valence electrons. The average molecular weight is 252 g/mol. The standard InChI is InChI=1S/C15H12N2O2/c18-17(19)14-7-5-12(6-8-14)11-16-10-9-13-3-1-2-4-15(13)16/h1-10H,11H2. The second-order valence-corrected chi connectivity index (χ2v) is 4.43. The van der Waals surface area contributed by atoms with Crippen molar-refractivity contribution in [2.45, 2.75) is 6.54 Å². The molecule has 0 radical (unpaired) electrons. The van der Waals surface area contributed by atoms with E-state index in [1.165, 1.54) is 10.9 Å². The molecule has 0 bridgehead atoms. The summed E-state index contributed by atoms with van der Waals surface area (Å²) in [6, 6.07) is 16.9. The molecular formula is C15H12N2O2. The van der Waals surface area contributed by atoms with Crippen LogP contribution in [0.4, 0.5) is 5.69 Å². The summed E-state index contributed by atoms with van der Waals surface area (Å²) in [5, 5.41) is 11.8. The molecule has 0 fully saturated rings. The van der Waals surface area contributed by atoms with Crippen LogP contribution in [0.25, 0.3) is 10.9 Å². The summed E-state index contributed by atoms with van der Waals surface area (Å²) in [5.74, 6) is 0. The summed E-state index contributed by atoms with van der Waals surface area (Å²) >= 11 is 0. The number of fused-ring (bicyclic) bond motifs is 1. The molecule has 0 atom stereocenters. The van der Waals surface area contributed by atoms with Crippen molar-refractivity contribution in [1.82, 2.24) is 4.57 Å². The summed E-state index contributed by atoms with van der Waals surface area (Å²) in [7, 11) is 0. The predicted octanol–water partition coefficient (Wildman–Crippen LogP) is 3.60. The molecule has 0 amide bonds. The number of rotatable bonds is 3. The third-order valence-corrected chi connectivity index (χ3v) is 3.18. The molecule has 4 nitrogen and oxygen atoms in total. The van der Waals surface area contributed by atoms with Crippen molar-refractivity contribution in [3.8, 4) is 0 Å². The van der Waals surface area contributed by atoms with Gasteiger partial charge in [0.15, 0.2) is 0 Å². The van der Waals surface area contributed by atoms with Gasteiger partial charge in [0.2, 0.25) is 0 Å². The summed E-state index contributed by atoms with van der Waals surface area (Å²) in [6.45, 7) is 0.714. The molecule has 4 heteroatoms. The van der Waals surface area contributed by atoms with Crippen LogP contribution in [0, 0.1) is 10.1 Å². The Morgan fingerprint density at radius 3 is 2.47 bits per heavy atom. The van der Waals surface area contributed by atoms with Crippen molar-refractivity contribution >= 4 is 16.6 Å². The highest BCUT2D eigenvalue weighted by Crippen LogP contribution is 2.18. The molecule has 0 aliphatic heterocycles. The fourth-order valence-electron chi connectivity index (χ4n) is 2.20. The van der Waals surface area contributed by atoms with Crippen molar-refractivity contribution in [2.24, 2.45) is 0 Å². The summed E-state index contributed by atoms with van der Waals surface area (Å²) in [5.41, 5.74) is 2.34. The van der Waals surface area contributed by atoms with Gasteiger partial charge in [0.25, 0.3) is 5.69 Å². The van der Waals surface area contributed by atoms with Crippen LogP contribution in [0.5, 0.6) is 0 Å². The average Bonchev–Trinajstić information content (AvgIpc) is 2.83. The molecule has 3 rings (SSSR count). The van der Waals surface area contributed by atoms with Crippen LogP contribution in [0.2, 0.25) is 0 Å². The minimum absolute atomic E-state index is 0.126. The Hall–Kier alpha value is -2.62. The Bertz CT molecular complexity index is 729. The molecule has 3 aromatic rings. The van der Waals surface area contributed by atoms with Gasteiger partial charge in [0.1, 0.15) is 0 Å². The van der Waals surface area contributed by atoms with E-state index in [0.29, 0.717) is 6.54 Å². The maximum absolute atomic E-state index is 10.6. The third kappa shape index (κ3) is 2.20. The van der Waals surface area contributed by atoms with E-state index in [1.54, 1.807) is 24.3 Å². The van der Waals surface area contributed by atoms with Gasteiger partial charge in [-0.3, -0.25) is 10.1 Å². The molecular weight excluding hydrogens is 240 g/mol. The lowest BCUT2D eigenvalue weighted by Gasteiger charge is -2.05. The molecule has 0 saturated carbocycles. The van der Waals surface area contributed by atoms with Crippen molar-refractivity contribution in [3.05, 3.63) is 76.5 Å². The maximum atomic E-state index is 10.6. The highest BCUT2D eigenvalue weighted by Gasteiger charge is 2.05. The van der Waals surface area contributed by atoms with E-state index >= 15 is 0 Å². The molecule has 0 N–H and O–H groups in total. The fourth-order valence-corrected chi connectivity index (χ4v) is 2.20. The fraction of sp³-hybridized carbons (Fsp3) is 0.0667. The van der Waals surface area contributed by atoms with E-state index in [2.05, 4.69) is 22.8 Å². The quantitative estimate of drug-likeness (QED) is 0.528. The second-order valence-electron chi connectivity index (χ2n) is 4.43. The van der Waals surface area contributed by atoms with Gasteiger partial charge >= 0.3 is 0 Å². The van der Waals surface area contributed by atoms with E-state index in [9.17, 15) is 10.1 Å². The van der Waals surface area contributed by atoms with Gasteiger partial charge in [0.05, 0.1) is 4.92 Å². The lowest BCUT2D eigenvalue weighted by Crippen LogP contribution is -1.98. The number of nitro benzene ring substituents is 1. The molecule has 1 aromatic heterocycles. The summed E-state index contributed by atoms with van der Waals surface area (Å²) in [6.07, 6.45) is 2.03. The molecule has 0 spiro atoms. The number of para-hydroxylation sites is 1. The largest absolute Gasteiger partial charge is 0.343 e. The molecule has 1 heterocycles. The number of nitro groups is 1. The first-order valence-electron chi connectivity index (χ1n) is 6.01. The SMILES string of the molecule is O=[N+]([O-])c1ccc(Cn2ccc3ccccc32)cc1. The lowest BCUT2D eigenvalue weighted by molar-refractivity contribution is -0.384. The Labute approximate surface area is 110 Å². The Morgan fingerprint density at radius 1 is 1.00 bits per heavy atom. The Kier molecular flexibility index (Phi) is 2.76. The zero-order valence-electron chi connectivity index (χ0n) is 10.2. The minimum Gasteiger partial charge on any atom is -0.343 e. The summed E-state index contributed by atoms with van der Waals surface area (Å²) < 4.78 is 2.14. The van der Waals surface area contributed by atoms with Crippen LogP contribution in [-0.4, -0.2) is 9.49 Å². The molecule has 0 aliphatic carbocycles. The maximum Gasteiger partial charge on any atom is 0.269 e. The smallest absolute Gasteiger partial charge is 0.269 e. The normalized spacial score (nSPS) is 10.7. The zero-order valence-corrected chi connectivity index (χ0v) is 10.2. The van der Waals surface area contributed by atoms with E-state index in [4.69, 9.17) is 0 Å².